The van der Waals surface area contributed by atoms with E-state index in [9.17, 15) is 4.79 Å². The molecule has 0 fully saturated rings. The molecule has 15 heavy (non-hydrogen) atoms. The number of aliphatic hydroxyl groups is 1. The summed E-state index contributed by atoms with van der Waals surface area (Å²) in [5.41, 5.74) is -0.289. The fraction of sp³-hybridized carbons (Fsp3) is 0.222. The van der Waals surface area contributed by atoms with Gasteiger partial charge in [-0.1, -0.05) is 0 Å². The maximum absolute atomic E-state index is 10.3. The van der Waals surface area contributed by atoms with Crippen LogP contribution in [0.15, 0.2) is 12.1 Å². The van der Waals surface area contributed by atoms with Gasteiger partial charge in [0.1, 0.15) is 0 Å². The molecule has 6 heteroatoms. The molecule has 0 amide bonds. The summed E-state index contributed by atoms with van der Waals surface area (Å²) in [5.74, 6) is -3.33. The Morgan fingerprint density at radius 1 is 1.20 bits per heavy atom. The van der Waals surface area contributed by atoms with Crippen LogP contribution in [0.3, 0.4) is 0 Å². The molecule has 0 bridgehead atoms. The first kappa shape index (κ1) is 13.1. The SMILES string of the molecule is CCO.O=C(O)c1cc(O)c(O)c(O)c1. The van der Waals surface area contributed by atoms with Crippen molar-refractivity contribution in [3.05, 3.63) is 17.7 Å². The van der Waals surface area contributed by atoms with Crippen molar-refractivity contribution in [2.75, 3.05) is 6.61 Å². The Morgan fingerprint density at radius 2 is 1.53 bits per heavy atom. The Balaban J connectivity index is 0.000000583. The molecule has 0 heterocycles. The molecule has 1 rings (SSSR count). The molecular formula is C9H12O6. The largest absolute Gasteiger partial charge is 0.504 e. The number of carbonyl (C=O) groups is 1. The van der Waals surface area contributed by atoms with E-state index < -0.39 is 23.2 Å². The third kappa shape index (κ3) is 3.74. The van der Waals surface area contributed by atoms with E-state index in [1.165, 1.54) is 0 Å². The van der Waals surface area contributed by atoms with Crippen molar-refractivity contribution in [3.63, 3.8) is 0 Å². The first-order valence-electron chi connectivity index (χ1n) is 4.03. The van der Waals surface area contributed by atoms with Crippen LogP contribution in [-0.4, -0.2) is 38.1 Å². The molecule has 0 spiro atoms. The van der Waals surface area contributed by atoms with Crippen LogP contribution in [0.5, 0.6) is 17.2 Å². The number of phenolic OH excluding ortho intramolecular Hbond substituents is 3. The van der Waals surface area contributed by atoms with E-state index in [0.717, 1.165) is 12.1 Å². The second-order valence-corrected chi connectivity index (χ2v) is 2.48. The highest BCUT2D eigenvalue weighted by Gasteiger charge is 2.11. The minimum Gasteiger partial charge on any atom is -0.504 e. The number of rotatable bonds is 1. The maximum Gasteiger partial charge on any atom is 0.335 e. The second-order valence-electron chi connectivity index (χ2n) is 2.48. The summed E-state index contributed by atoms with van der Waals surface area (Å²) in [6.07, 6.45) is 0. The number of aliphatic hydroxyl groups excluding tert-OH is 1. The van der Waals surface area contributed by atoms with Gasteiger partial charge in [0.05, 0.1) is 5.56 Å². The predicted molar refractivity (Wildman–Crippen MR) is 51.2 cm³/mol. The first-order valence-corrected chi connectivity index (χ1v) is 4.03. The summed E-state index contributed by atoms with van der Waals surface area (Å²) in [4.78, 5) is 10.3. The van der Waals surface area contributed by atoms with Gasteiger partial charge < -0.3 is 25.5 Å². The molecule has 0 unspecified atom stereocenters. The average Bonchev–Trinajstić information content (AvgIpc) is 2.14. The number of aromatic carboxylic acids is 1. The highest BCUT2D eigenvalue weighted by Crippen LogP contribution is 2.35. The summed E-state index contributed by atoms with van der Waals surface area (Å²) >= 11 is 0. The zero-order chi connectivity index (χ0) is 12.0. The van der Waals surface area contributed by atoms with Crippen LogP contribution < -0.4 is 0 Å². The van der Waals surface area contributed by atoms with Crippen molar-refractivity contribution in [2.45, 2.75) is 6.92 Å². The summed E-state index contributed by atoms with van der Waals surface area (Å²) in [7, 11) is 0. The molecule has 0 aromatic heterocycles. The lowest BCUT2D eigenvalue weighted by Gasteiger charge is -2.01. The van der Waals surface area contributed by atoms with Crippen LogP contribution in [0.2, 0.25) is 0 Å². The van der Waals surface area contributed by atoms with Gasteiger partial charge in [0.2, 0.25) is 0 Å². The normalized spacial score (nSPS) is 8.93. The molecule has 1 aromatic rings. The van der Waals surface area contributed by atoms with E-state index in [1.54, 1.807) is 6.92 Å². The van der Waals surface area contributed by atoms with Crippen molar-refractivity contribution in [2.24, 2.45) is 0 Å². The van der Waals surface area contributed by atoms with E-state index >= 15 is 0 Å². The summed E-state index contributed by atoms with van der Waals surface area (Å²) in [5, 5.41) is 42.5. The average molecular weight is 216 g/mol. The molecule has 0 aliphatic rings. The minimum absolute atomic E-state index is 0.250. The van der Waals surface area contributed by atoms with Crippen molar-refractivity contribution in [1.29, 1.82) is 0 Å². The Labute approximate surface area is 85.7 Å². The van der Waals surface area contributed by atoms with E-state index in [0.29, 0.717) is 0 Å². The number of aromatic hydroxyl groups is 3. The van der Waals surface area contributed by atoms with Crippen molar-refractivity contribution < 1.29 is 30.3 Å². The lowest BCUT2D eigenvalue weighted by molar-refractivity contribution is 0.0696. The molecule has 0 atom stereocenters. The fourth-order valence-electron chi connectivity index (χ4n) is 0.728. The molecule has 0 saturated carbocycles. The minimum atomic E-state index is -1.29. The van der Waals surface area contributed by atoms with Gasteiger partial charge in [-0.25, -0.2) is 4.79 Å². The van der Waals surface area contributed by atoms with Gasteiger partial charge in [0, 0.05) is 6.61 Å². The van der Waals surface area contributed by atoms with Crippen LogP contribution in [0, 0.1) is 0 Å². The predicted octanol–water partition coefficient (Wildman–Crippen LogP) is 0.500. The van der Waals surface area contributed by atoms with Crippen LogP contribution in [0.4, 0.5) is 0 Å². The molecule has 0 aliphatic heterocycles. The number of carboxylic acids is 1. The highest BCUT2D eigenvalue weighted by molar-refractivity contribution is 5.89. The molecule has 1 aromatic carbocycles. The van der Waals surface area contributed by atoms with E-state index in [-0.39, 0.29) is 12.2 Å². The molecule has 6 nitrogen and oxygen atoms in total. The quantitative estimate of drug-likeness (QED) is 0.436. The van der Waals surface area contributed by atoms with Gasteiger partial charge in [-0.15, -0.1) is 0 Å². The smallest absolute Gasteiger partial charge is 0.335 e. The zero-order valence-corrected chi connectivity index (χ0v) is 8.01. The number of benzene rings is 1. The number of hydrogen-bond donors (Lipinski definition) is 5. The van der Waals surface area contributed by atoms with Crippen molar-refractivity contribution in [1.82, 2.24) is 0 Å². The van der Waals surface area contributed by atoms with Gasteiger partial charge in [-0.05, 0) is 19.1 Å². The maximum atomic E-state index is 10.3. The van der Waals surface area contributed by atoms with Crippen LogP contribution in [0.1, 0.15) is 17.3 Å². The van der Waals surface area contributed by atoms with Gasteiger partial charge in [-0.2, -0.15) is 0 Å². The second kappa shape index (κ2) is 5.71. The lowest BCUT2D eigenvalue weighted by Crippen LogP contribution is -1.95. The molecule has 0 radical (unpaired) electrons. The Bertz CT molecular complexity index is 323. The monoisotopic (exact) mass is 216 g/mol. The topological polar surface area (TPSA) is 118 Å². The van der Waals surface area contributed by atoms with Gasteiger partial charge >= 0.3 is 5.97 Å². The summed E-state index contributed by atoms with van der Waals surface area (Å²) in [6.45, 7) is 1.93. The van der Waals surface area contributed by atoms with Crippen molar-refractivity contribution >= 4 is 5.97 Å². The number of hydrogen-bond acceptors (Lipinski definition) is 5. The lowest BCUT2D eigenvalue weighted by atomic mass is 10.2. The zero-order valence-electron chi connectivity index (χ0n) is 8.01. The Hall–Kier alpha value is -1.95. The van der Waals surface area contributed by atoms with Gasteiger partial charge in [0.25, 0.3) is 0 Å². The summed E-state index contributed by atoms with van der Waals surface area (Å²) < 4.78 is 0. The van der Waals surface area contributed by atoms with Gasteiger partial charge in [0.15, 0.2) is 17.2 Å². The van der Waals surface area contributed by atoms with Crippen LogP contribution in [0.25, 0.3) is 0 Å². The summed E-state index contributed by atoms with van der Waals surface area (Å²) in [6, 6.07) is 1.69. The first-order chi connectivity index (χ1) is 6.93. The van der Waals surface area contributed by atoms with E-state index in [1.807, 2.05) is 0 Å². The van der Waals surface area contributed by atoms with E-state index in [4.69, 9.17) is 25.5 Å². The highest BCUT2D eigenvalue weighted by atomic mass is 16.4. The third-order valence-electron chi connectivity index (χ3n) is 1.32. The van der Waals surface area contributed by atoms with Crippen LogP contribution >= 0.6 is 0 Å². The molecule has 0 aliphatic carbocycles. The number of carboxylic acid groups (broad SMARTS) is 1. The van der Waals surface area contributed by atoms with Gasteiger partial charge in [-0.3, -0.25) is 0 Å². The van der Waals surface area contributed by atoms with E-state index in [2.05, 4.69) is 0 Å². The molecule has 5 N–H and O–H groups in total. The van der Waals surface area contributed by atoms with Crippen LogP contribution in [-0.2, 0) is 0 Å². The number of phenols is 3. The molecule has 0 saturated heterocycles. The fourth-order valence-corrected chi connectivity index (χ4v) is 0.728. The Morgan fingerprint density at radius 3 is 1.80 bits per heavy atom. The Kier molecular flexibility index (Phi) is 4.97. The standard InChI is InChI=1S/C7H6O5.C2H6O/c8-4-1-3(7(11)12)2-5(9)6(4)10;1-2-3/h1-2,8-10H,(H,11,12);3H,2H2,1H3. The third-order valence-corrected chi connectivity index (χ3v) is 1.32. The van der Waals surface area contributed by atoms with Crippen molar-refractivity contribution in [3.8, 4) is 17.2 Å². The molecule has 84 valence electrons. The molecular weight excluding hydrogens is 204 g/mol.